The molecule has 0 amide bonds. The van der Waals surface area contributed by atoms with Gasteiger partial charge in [-0.15, -0.1) is 11.3 Å². The number of aryl methyl sites for hydroxylation is 2. The Balaban J connectivity index is 1.69. The highest BCUT2D eigenvalue weighted by molar-refractivity contribution is 7.13. The van der Waals surface area contributed by atoms with Crippen LogP contribution in [0.1, 0.15) is 48.5 Å². The van der Waals surface area contributed by atoms with Crippen LogP contribution in [0.25, 0.3) is 10.8 Å². The lowest BCUT2D eigenvalue weighted by Crippen LogP contribution is -2.18. The van der Waals surface area contributed by atoms with E-state index in [9.17, 15) is 0 Å². The van der Waals surface area contributed by atoms with Gasteiger partial charge in [0.1, 0.15) is 5.76 Å². The zero-order valence-corrected chi connectivity index (χ0v) is 15.5. The minimum atomic E-state index is 0.266. The summed E-state index contributed by atoms with van der Waals surface area (Å²) in [5.74, 6) is 3.17. The van der Waals surface area contributed by atoms with E-state index in [1.165, 1.54) is 5.56 Å². The van der Waals surface area contributed by atoms with Gasteiger partial charge in [0.25, 0.3) is 0 Å². The fourth-order valence-corrected chi connectivity index (χ4v) is 3.22. The summed E-state index contributed by atoms with van der Waals surface area (Å²) in [4.78, 5) is 12.3. The topological polar surface area (TPSA) is 68.2 Å². The van der Waals surface area contributed by atoms with Crippen LogP contribution in [0.15, 0.2) is 20.4 Å². The van der Waals surface area contributed by atoms with Crippen LogP contribution in [0.3, 0.4) is 0 Å². The standard InChI is InChI=1S/C17H22N4O2S/c1-10(2)16-19-14(23-20-16)9-21(5)8-13-12(4)22-17(18-13)15-11(3)6-7-24-15/h6-7,10H,8-9H2,1-5H3. The van der Waals surface area contributed by atoms with Crippen molar-refractivity contribution in [3.05, 3.63) is 40.2 Å². The second-order valence-electron chi connectivity index (χ2n) is 6.33. The van der Waals surface area contributed by atoms with Crippen LogP contribution in [0, 0.1) is 13.8 Å². The van der Waals surface area contributed by atoms with E-state index in [-0.39, 0.29) is 5.92 Å². The Morgan fingerprint density at radius 3 is 2.62 bits per heavy atom. The number of thiophene rings is 1. The first-order valence-corrected chi connectivity index (χ1v) is 8.83. The maximum Gasteiger partial charge on any atom is 0.240 e. The summed E-state index contributed by atoms with van der Waals surface area (Å²) in [6.45, 7) is 9.36. The third-order valence-corrected chi connectivity index (χ3v) is 4.78. The molecule has 0 radical (unpaired) electrons. The molecule has 3 heterocycles. The van der Waals surface area contributed by atoms with Gasteiger partial charge in [0, 0.05) is 12.5 Å². The van der Waals surface area contributed by atoms with Crippen LogP contribution >= 0.6 is 11.3 Å². The van der Waals surface area contributed by atoms with E-state index in [2.05, 4.69) is 38.4 Å². The van der Waals surface area contributed by atoms with Crippen LogP contribution in [0.5, 0.6) is 0 Å². The lowest BCUT2D eigenvalue weighted by atomic mass is 10.2. The van der Waals surface area contributed by atoms with Gasteiger partial charge in [0.05, 0.1) is 17.1 Å². The molecule has 3 aromatic heterocycles. The summed E-state index contributed by atoms with van der Waals surface area (Å²) in [6.07, 6.45) is 0. The molecule has 0 aromatic carbocycles. The summed E-state index contributed by atoms with van der Waals surface area (Å²) in [7, 11) is 2.00. The molecule has 0 saturated heterocycles. The van der Waals surface area contributed by atoms with Crippen molar-refractivity contribution in [2.45, 2.75) is 46.7 Å². The van der Waals surface area contributed by atoms with Crippen LogP contribution in [0.2, 0.25) is 0 Å². The predicted molar refractivity (Wildman–Crippen MR) is 92.8 cm³/mol. The van der Waals surface area contributed by atoms with Gasteiger partial charge in [-0.25, -0.2) is 4.98 Å². The minimum Gasteiger partial charge on any atom is -0.440 e. The summed E-state index contributed by atoms with van der Waals surface area (Å²) >= 11 is 1.65. The normalized spacial score (nSPS) is 11.8. The smallest absolute Gasteiger partial charge is 0.240 e. The zero-order valence-electron chi connectivity index (χ0n) is 14.7. The molecule has 0 unspecified atom stereocenters. The highest BCUT2D eigenvalue weighted by Gasteiger charge is 2.17. The van der Waals surface area contributed by atoms with E-state index < -0.39 is 0 Å². The first kappa shape index (κ1) is 16.9. The van der Waals surface area contributed by atoms with Crippen molar-refractivity contribution in [1.29, 1.82) is 0 Å². The molecule has 0 spiro atoms. The minimum absolute atomic E-state index is 0.266. The van der Waals surface area contributed by atoms with Gasteiger partial charge in [0.15, 0.2) is 5.82 Å². The quantitative estimate of drug-likeness (QED) is 0.667. The van der Waals surface area contributed by atoms with Gasteiger partial charge in [-0.05, 0) is 37.9 Å². The first-order valence-electron chi connectivity index (χ1n) is 7.95. The lowest BCUT2D eigenvalue weighted by Gasteiger charge is -2.12. The number of rotatable bonds is 6. The molecular formula is C17H22N4O2S. The molecule has 0 bridgehead atoms. The number of aromatic nitrogens is 3. The van der Waals surface area contributed by atoms with Gasteiger partial charge in [-0.1, -0.05) is 19.0 Å². The van der Waals surface area contributed by atoms with Crippen molar-refractivity contribution >= 4 is 11.3 Å². The van der Waals surface area contributed by atoms with Gasteiger partial charge in [-0.2, -0.15) is 4.98 Å². The average Bonchev–Trinajstić information content (AvgIpc) is 3.21. The molecule has 0 aliphatic carbocycles. The maximum atomic E-state index is 5.85. The predicted octanol–water partition coefficient (Wildman–Crippen LogP) is 4.16. The van der Waals surface area contributed by atoms with E-state index in [1.807, 2.05) is 27.8 Å². The van der Waals surface area contributed by atoms with Crippen LogP contribution in [-0.4, -0.2) is 27.1 Å². The third kappa shape index (κ3) is 3.57. The van der Waals surface area contributed by atoms with Crippen molar-refractivity contribution in [1.82, 2.24) is 20.0 Å². The highest BCUT2D eigenvalue weighted by Crippen LogP contribution is 2.30. The second kappa shape index (κ2) is 6.86. The molecule has 6 nitrogen and oxygen atoms in total. The van der Waals surface area contributed by atoms with Gasteiger partial charge < -0.3 is 8.94 Å². The SMILES string of the molecule is Cc1ccsc1-c1nc(CN(C)Cc2nc(C(C)C)no2)c(C)o1. The molecule has 0 atom stereocenters. The van der Waals surface area contributed by atoms with Crippen LogP contribution in [0.4, 0.5) is 0 Å². The Kier molecular flexibility index (Phi) is 4.82. The van der Waals surface area contributed by atoms with E-state index in [0.717, 1.165) is 22.2 Å². The number of nitrogens with zero attached hydrogens (tertiary/aromatic N) is 4. The Morgan fingerprint density at radius 1 is 1.21 bits per heavy atom. The van der Waals surface area contributed by atoms with Crippen molar-refractivity contribution in [3.8, 4) is 10.8 Å². The number of oxazole rings is 1. The monoisotopic (exact) mass is 346 g/mol. The van der Waals surface area contributed by atoms with E-state index in [0.29, 0.717) is 24.9 Å². The molecule has 0 N–H and O–H groups in total. The number of hydrogen-bond acceptors (Lipinski definition) is 7. The zero-order chi connectivity index (χ0) is 17.3. The summed E-state index contributed by atoms with van der Waals surface area (Å²) < 4.78 is 11.1. The average molecular weight is 346 g/mol. The fraction of sp³-hybridized carbons (Fsp3) is 0.471. The number of hydrogen-bond donors (Lipinski definition) is 0. The molecule has 0 saturated carbocycles. The van der Waals surface area contributed by atoms with E-state index in [1.54, 1.807) is 11.3 Å². The molecular weight excluding hydrogens is 324 g/mol. The molecule has 0 fully saturated rings. The van der Waals surface area contributed by atoms with Gasteiger partial charge in [0.2, 0.25) is 11.8 Å². The molecule has 128 valence electrons. The second-order valence-corrected chi connectivity index (χ2v) is 7.24. The van der Waals surface area contributed by atoms with Gasteiger partial charge in [-0.3, -0.25) is 4.90 Å². The van der Waals surface area contributed by atoms with E-state index in [4.69, 9.17) is 8.94 Å². The lowest BCUT2D eigenvalue weighted by molar-refractivity contribution is 0.257. The maximum absolute atomic E-state index is 5.85. The highest BCUT2D eigenvalue weighted by atomic mass is 32.1. The fourth-order valence-electron chi connectivity index (χ4n) is 2.37. The molecule has 24 heavy (non-hydrogen) atoms. The van der Waals surface area contributed by atoms with Crippen molar-refractivity contribution in [3.63, 3.8) is 0 Å². The summed E-state index contributed by atoms with van der Waals surface area (Å²) in [5, 5.41) is 6.05. The largest absolute Gasteiger partial charge is 0.440 e. The molecule has 0 aliphatic rings. The van der Waals surface area contributed by atoms with Crippen molar-refractivity contribution in [2.75, 3.05) is 7.05 Å². The van der Waals surface area contributed by atoms with E-state index >= 15 is 0 Å². The van der Waals surface area contributed by atoms with Crippen molar-refractivity contribution < 1.29 is 8.94 Å². The third-order valence-electron chi connectivity index (χ3n) is 3.77. The molecule has 3 aromatic rings. The Morgan fingerprint density at radius 2 is 2.00 bits per heavy atom. The Bertz CT molecular complexity index is 818. The summed E-state index contributed by atoms with van der Waals surface area (Å²) in [5.41, 5.74) is 2.12. The molecule has 7 heteroatoms. The van der Waals surface area contributed by atoms with Crippen LogP contribution < -0.4 is 0 Å². The summed E-state index contributed by atoms with van der Waals surface area (Å²) in [6, 6.07) is 2.08. The van der Waals surface area contributed by atoms with Gasteiger partial charge >= 0.3 is 0 Å². The molecule has 0 aliphatic heterocycles. The Hall–Kier alpha value is -1.99. The van der Waals surface area contributed by atoms with Crippen LogP contribution in [-0.2, 0) is 13.1 Å². The van der Waals surface area contributed by atoms with Crippen molar-refractivity contribution in [2.24, 2.45) is 0 Å². The first-order chi connectivity index (χ1) is 11.4. The Labute approximate surface area is 145 Å². The molecule has 3 rings (SSSR count).